The van der Waals surface area contributed by atoms with Crippen molar-refractivity contribution in [1.82, 2.24) is 4.31 Å². The molecule has 0 N–H and O–H groups in total. The first-order chi connectivity index (χ1) is 7.42. The van der Waals surface area contributed by atoms with Crippen molar-refractivity contribution < 1.29 is 13.2 Å². The molecule has 0 aliphatic heterocycles. The summed E-state index contributed by atoms with van der Waals surface area (Å²) in [4.78, 5) is 0. The van der Waals surface area contributed by atoms with Gasteiger partial charge in [-0.1, -0.05) is 12.1 Å². The van der Waals surface area contributed by atoms with E-state index in [2.05, 4.69) is 0 Å². The van der Waals surface area contributed by atoms with Crippen molar-refractivity contribution in [3.8, 4) is 5.75 Å². The first-order valence-corrected chi connectivity index (χ1v) is 6.62. The molecule has 0 aliphatic carbocycles. The summed E-state index contributed by atoms with van der Waals surface area (Å²) in [6.07, 6.45) is 0. The number of hydrogen-bond donors (Lipinski definition) is 0. The number of nitrogens with zero attached hydrogens (tertiary/aromatic N) is 1. The van der Waals surface area contributed by atoms with E-state index in [9.17, 15) is 8.42 Å². The quantitative estimate of drug-likeness (QED) is 0.782. The van der Waals surface area contributed by atoms with E-state index in [-0.39, 0.29) is 12.4 Å². The molecular formula is C11H17NO3S. The lowest BCUT2D eigenvalue weighted by Crippen LogP contribution is -2.27. The predicted octanol–water partition coefficient (Wildman–Crippen LogP) is 1.27. The molecule has 0 saturated carbocycles. The minimum Gasteiger partial charge on any atom is -0.492 e. The van der Waals surface area contributed by atoms with Gasteiger partial charge in [-0.3, -0.25) is 0 Å². The number of sulfonamides is 1. The molecule has 0 spiro atoms. The maximum absolute atomic E-state index is 11.4. The Morgan fingerprint density at radius 3 is 2.56 bits per heavy atom. The molecule has 0 aromatic heterocycles. The molecule has 0 atom stereocenters. The summed E-state index contributed by atoms with van der Waals surface area (Å²) in [6, 6.07) is 7.53. The molecule has 1 aromatic rings. The highest BCUT2D eigenvalue weighted by Crippen LogP contribution is 2.12. The van der Waals surface area contributed by atoms with Crippen LogP contribution in [0.2, 0.25) is 0 Å². The molecule has 0 unspecified atom stereocenters. The third-order valence-corrected chi connectivity index (χ3v) is 3.95. The number of benzene rings is 1. The molecule has 0 saturated heterocycles. The average molecular weight is 243 g/mol. The highest BCUT2D eigenvalue weighted by molar-refractivity contribution is 7.89. The lowest BCUT2D eigenvalue weighted by atomic mass is 10.2. The summed E-state index contributed by atoms with van der Waals surface area (Å²) in [6.45, 7) is 2.13. The third-order valence-electron chi connectivity index (χ3n) is 2.16. The van der Waals surface area contributed by atoms with Crippen molar-refractivity contribution in [3.05, 3.63) is 29.8 Å². The van der Waals surface area contributed by atoms with Crippen LogP contribution >= 0.6 is 0 Å². The topological polar surface area (TPSA) is 46.6 Å². The second-order valence-corrected chi connectivity index (χ2v) is 6.07. The second kappa shape index (κ2) is 5.32. The Balaban J connectivity index is 2.48. The van der Waals surface area contributed by atoms with Crippen molar-refractivity contribution in [2.45, 2.75) is 6.92 Å². The fraction of sp³-hybridized carbons (Fsp3) is 0.455. The molecule has 5 heteroatoms. The van der Waals surface area contributed by atoms with Gasteiger partial charge in [-0.25, -0.2) is 12.7 Å². The standard InChI is InChI=1S/C11H17NO3S/c1-10-5-4-6-11(9-10)15-7-8-16(13,14)12(2)3/h4-6,9H,7-8H2,1-3H3. The van der Waals surface area contributed by atoms with Gasteiger partial charge in [0.25, 0.3) is 0 Å². The molecule has 1 aromatic carbocycles. The summed E-state index contributed by atoms with van der Waals surface area (Å²) >= 11 is 0. The Morgan fingerprint density at radius 1 is 1.31 bits per heavy atom. The van der Waals surface area contributed by atoms with E-state index in [1.807, 2.05) is 31.2 Å². The zero-order chi connectivity index (χ0) is 12.2. The molecule has 0 radical (unpaired) electrons. The highest BCUT2D eigenvalue weighted by Gasteiger charge is 2.13. The van der Waals surface area contributed by atoms with Crippen LogP contribution in [-0.2, 0) is 10.0 Å². The van der Waals surface area contributed by atoms with Crippen LogP contribution in [0.25, 0.3) is 0 Å². The Bertz CT molecular complexity index is 440. The molecule has 16 heavy (non-hydrogen) atoms. The van der Waals surface area contributed by atoms with Crippen molar-refractivity contribution in [2.24, 2.45) is 0 Å². The van der Waals surface area contributed by atoms with Crippen LogP contribution in [0.4, 0.5) is 0 Å². The Labute approximate surface area is 96.9 Å². The predicted molar refractivity (Wildman–Crippen MR) is 64.1 cm³/mol. The van der Waals surface area contributed by atoms with Gasteiger partial charge in [0.1, 0.15) is 12.4 Å². The maximum Gasteiger partial charge on any atom is 0.216 e. The van der Waals surface area contributed by atoms with E-state index in [1.165, 1.54) is 18.4 Å². The first-order valence-electron chi connectivity index (χ1n) is 5.01. The molecule has 0 amide bonds. The second-order valence-electron chi connectivity index (χ2n) is 3.76. The van der Waals surface area contributed by atoms with Crippen molar-refractivity contribution >= 4 is 10.0 Å². The molecular weight excluding hydrogens is 226 g/mol. The number of hydrogen-bond acceptors (Lipinski definition) is 3. The number of rotatable bonds is 5. The van der Waals surface area contributed by atoms with E-state index in [0.29, 0.717) is 5.75 Å². The molecule has 0 heterocycles. The van der Waals surface area contributed by atoms with Crippen LogP contribution in [0.5, 0.6) is 5.75 Å². The Hall–Kier alpha value is -1.07. The molecule has 4 nitrogen and oxygen atoms in total. The van der Waals surface area contributed by atoms with Gasteiger partial charge in [-0.2, -0.15) is 0 Å². The minimum absolute atomic E-state index is 0.00601. The largest absolute Gasteiger partial charge is 0.492 e. The normalized spacial score (nSPS) is 11.8. The molecule has 90 valence electrons. The van der Waals surface area contributed by atoms with Gasteiger partial charge in [0, 0.05) is 14.1 Å². The van der Waals surface area contributed by atoms with Crippen LogP contribution in [0.15, 0.2) is 24.3 Å². The van der Waals surface area contributed by atoms with Crippen LogP contribution < -0.4 is 4.74 Å². The lowest BCUT2D eigenvalue weighted by Gasteiger charge is -2.12. The fourth-order valence-electron chi connectivity index (χ4n) is 1.15. The van der Waals surface area contributed by atoms with Gasteiger partial charge >= 0.3 is 0 Å². The zero-order valence-electron chi connectivity index (χ0n) is 9.80. The number of aryl methyl sites for hydroxylation is 1. The third kappa shape index (κ3) is 3.83. The van der Waals surface area contributed by atoms with Gasteiger partial charge in [-0.15, -0.1) is 0 Å². The molecule has 0 bridgehead atoms. The van der Waals surface area contributed by atoms with E-state index in [4.69, 9.17) is 4.74 Å². The summed E-state index contributed by atoms with van der Waals surface area (Å²) < 4.78 is 29.4. The smallest absolute Gasteiger partial charge is 0.216 e. The Morgan fingerprint density at radius 2 is 2.00 bits per heavy atom. The van der Waals surface area contributed by atoms with Gasteiger partial charge in [0.15, 0.2) is 0 Å². The van der Waals surface area contributed by atoms with Crippen LogP contribution in [0.3, 0.4) is 0 Å². The van der Waals surface area contributed by atoms with E-state index < -0.39 is 10.0 Å². The SMILES string of the molecule is Cc1cccc(OCCS(=O)(=O)N(C)C)c1. The summed E-state index contributed by atoms with van der Waals surface area (Å²) in [5.41, 5.74) is 1.09. The lowest BCUT2D eigenvalue weighted by molar-refractivity contribution is 0.338. The monoisotopic (exact) mass is 243 g/mol. The van der Waals surface area contributed by atoms with Gasteiger partial charge in [0.2, 0.25) is 10.0 Å². The van der Waals surface area contributed by atoms with Crippen LogP contribution in [0.1, 0.15) is 5.56 Å². The van der Waals surface area contributed by atoms with Crippen LogP contribution in [-0.4, -0.2) is 39.2 Å². The number of ether oxygens (including phenoxy) is 1. The van der Waals surface area contributed by atoms with Gasteiger partial charge in [0.05, 0.1) is 5.75 Å². The fourth-order valence-corrected chi connectivity index (χ4v) is 1.81. The zero-order valence-corrected chi connectivity index (χ0v) is 10.6. The molecule has 0 aliphatic rings. The van der Waals surface area contributed by atoms with Crippen molar-refractivity contribution in [1.29, 1.82) is 0 Å². The Kier molecular flexibility index (Phi) is 4.32. The summed E-state index contributed by atoms with van der Waals surface area (Å²) in [5.74, 6) is 0.697. The maximum atomic E-state index is 11.4. The average Bonchev–Trinajstić information content (AvgIpc) is 2.17. The summed E-state index contributed by atoms with van der Waals surface area (Å²) in [7, 11) is -0.138. The van der Waals surface area contributed by atoms with E-state index in [1.54, 1.807) is 0 Å². The molecule has 1 rings (SSSR count). The first kappa shape index (κ1) is 13.0. The minimum atomic E-state index is -3.17. The highest BCUT2D eigenvalue weighted by atomic mass is 32.2. The van der Waals surface area contributed by atoms with Crippen molar-refractivity contribution in [3.63, 3.8) is 0 Å². The van der Waals surface area contributed by atoms with Gasteiger partial charge in [-0.05, 0) is 24.6 Å². The van der Waals surface area contributed by atoms with Crippen LogP contribution in [0, 0.1) is 6.92 Å². The van der Waals surface area contributed by atoms with Gasteiger partial charge < -0.3 is 4.74 Å². The van der Waals surface area contributed by atoms with Crippen molar-refractivity contribution in [2.75, 3.05) is 26.5 Å². The van der Waals surface area contributed by atoms with E-state index >= 15 is 0 Å². The van der Waals surface area contributed by atoms with E-state index in [0.717, 1.165) is 5.56 Å². The summed E-state index contributed by atoms with van der Waals surface area (Å²) in [5, 5.41) is 0. The molecule has 0 fully saturated rings.